The third-order valence-corrected chi connectivity index (χ3v) is 3.30. The second-order valence-electron chi connectivity index (χ2n) is 5.48. The molecule has 2 nitrogen and oxygen atoms in total. The molecule has 1 aromatic rings. The first-order valence-electron chi connectivity index (χ1n) is 6.84. The van der Waals surface area contributed by atoms with Crippen molar-refractivity contribution in [3.8, 4) is 11.5 Å². The molecule has 102 valence electrons. The molecule has 0 amide bonds. The van der Waals surface area contributed by atoms with Crippen LogP contribution in [-0.2, 0) is 0 Å². The Kier molecular flexibility index (Phi) is 5.06. The van der Waals surface area contributed by atoms with Gasteiger partial charge in [-0.05, 0) is 64.3 Å². The number of rotatable bonds is 6. The van der Waals surface area contributed by atoms with Crippen LogP contribution in [0.2, 0.25) is 0 Å². The first-order valence-corrected chi connectivity index (χ1v) is 6.84. The maximum Gasteiger partial charge on any atom is 0.122 e. The molecule has 0 fully saturated rings. The molecule has 0 aliphatic carbocycles. The molecule has 0 aromatic heterocycles. The van der Waals surface area contributed by atoms with Crippen molar-refractivity contribution in [3.63, 3.8) is 0 Å². The lowest BCUT2D eigenvalue weighted by molar-refractivity contribution is 0.105. The van der Waals surface area contributed by atoms with Crippen LogP contribution in [0.5, 0.6) is 11.5 Å². The van der Waals surface area contributed by atoms with Crippen LogP contribution in [0.4, 0.5) is 0 Å². The lowest BCUT2D eigenvalue weighted by Crippen LogP contribution is -2.26. The Morgan fingerprint density at radius 3 is 2.39 bits per heavy atom. The fourth-order valence-electron chi connectivity index (χ4n) is 1.51. The van der Waals surface area contributed by atoms with Gasteiger partial charge < -0.3 is 9.47 Å². The summed E-state index contributed by atoms with van der Waals surface area (Å²) in [7, 11) is 0. The quantitative estimate of drug-likeness (QED) is 0.726. The molecule has 1 rings (SSSR count). The summed E-state index contributed by atoms with van der Waals surface area (Å²) in [6.45, 7) is 12.6. The third-order valence-electron chi connectivity index (χ3n) is 3.30. The first-order chi connectivity index (χ1) is 8.38. The zero-order valence-electron chi connectivity index (χ0n) is 12.5. The third kappa shape index (κ3) is 4.25. The maximum absolute atomic E-state index is 5.96. The fourth-order valence-corrected chi connectivity index (χ4v) is 1.51. The second-order valence-corrected chi connectivity index (χ2v) is 5.48. The minimum atomic E-state index is -0.120. The van der Waals surface area contributed by atoms with E-state index in [0.29, 0.717) is 0 Å². The zero-order valence-corrected chi connectivity index (χ0v) is 12.5. The summed E-state index contributed by atoms with van der Waals surface area (Å²) in [5, 5.41) is 0. The molecule has 1 atom stereocenters. The van der Waals surface area contributed by atoms with Gasteiger partial charge >= 0.3 is 0 Å². The molecular weight excluding hydrogens is 224 g/mol. The van der Waals surface area contributed by atoms with Gasteiger partial charge in [0.1, 0.15) is 17.1 Å². The molecule has 0 bridgehead atoms. The molecule has 1 unspecified atom stereocenters. The van der Waals surface area contributed by atoms with Crippen LogP contribution in [0.15, 0.2) is 18.2 Å². The topological polar surface area (TPSA) is 18.5 Å². The van der Waals surface area contributed by atoms with E-state index in [1.807, 2.05) is 12.1 Å². The zero-order chi connectivity index (χ0) is 13.8. The van der Waals surface area contributed by atoms with Gasteiger partial charge in [0.2, 0.25) is 0 Å². The Morgan fingerprint density at radius 2 is 1.89 bits per heavy atom. The largest absolute Gasteiger partial charge is 0.490 e. The van der Waals surface area contributed by atoms with Crippen LogP contribution >= 0.6 is 0 Å². The highest BCUT2D eigenvalue weighted by atomic mass is 16.5. The van der Waals surface area contributed by atoms with Gasteiger partial charge in [-0.1, -0.05) is 13.8 Å². The number of benzene rings is 1. The van der Waals surface area contributed by atoms with E-state index in [1.165, 1.54) is 0 Å². The van der Waals surface area contributed by atoms with Crippen molar-refractivity contribution in [1.82, 2.24) is 0 Å². The molecule has 0 spiro atoms. The molecular formula is C16H26O2. The predicted molar refractivity (Wildman–Crippen MR) is 76.6 cm³/mol. The van der Waals surface area contributed by atoms with Gasteiger partial charge in [0.05, 0.1) is 6.10 Å². The maximum atomic E-state index is 5.96. The van der Waals surface area contributed by atoms with Crippen molar-refractivity contribution in [2.75, 3.05) is 0 Å². The minimum Gasteiger partial charge on any atom is -0.490 e. The van der Waals surface area contributed by atoms with Gasteiger partial charge in [0.15, 0.2) is 0 Å². The van der Waals surface area contributed by atoms with Crippen molar-refractivity contribution >= 4 is 0 Å². The summed E-state index contributed by atoms with van der Waals surface area (Å²) < 4.78 is 11.8. The summed E-state index contributed by atoms with van der Waals surface area (Å²) in [4.78, 5) is 0. The van der Waals surface area contributed by atoms with Crippen molar-refractivity contribution in [1.29, 1.82) is 0 Å². The van der Waals surface area contributed by atoms with E-state index in [0.717, 1.165) is 29.9 Å². The Morgan fingerprint density at radius 1 is 1.22 bits per heavy atom. The van der Waals surface area contributed by atoms with E-state index < -0.39 is 0 Å². The Labute approximate surface area is 111 Å². The summed E-state index contributed by atoms with van der Waals surface area (Å²) in [6, 6.07) is 6.04. The van der Waals surface area contributed by atoms with Gasteiger partial charge in [0.25, 0.3) is 0 Å². The van der Waals surface area contributed by atoms with Crippen LogP contribution in [0, 0.1) is 6.92 Å². The monoisotopic (exact) mass is 250 g/mol. The summed E-state index contributed by atoms with van der Waals surface area (Å²) in [6.07, 6.45) is 2.25. The highest BCUT2D eigenvalue weighted by Gasteiger charge is 2.17. The summed E-state index contributed by atoms with van der Waals surface area (Å²) >= 11 is 0. The highest BCUT2D eigenvalue weighted by Crippen LogP contribution is 2.27. The van der Waals surface area contributed by atoms with Crippen LogP contribution in [0.3, 0.4) is 0 Å². The van der Waals surface area contributed by atoms with Crippen molar-refractivity contribution in [3.05, 3.63) is 23.8 Å². The van der Waals surface area contributed by atoms with Gasteiger partial charge in [-0.2, -0.15) is 0 Å². The minimum absolute atomic E-state index is 0.120. The molecule has 0 saturated carbocycles. The smallest absolute Gasteiger partial charge is 0.122 e. The Bertz CT molecular complexity index is 383. The van der Waals surface area contributed by atoms with E-state index in [2.05, 4.69) is 47.6 Å². The summed E-state index contributed by atoms with van der Waals surface area (Å²) in [5.74, 6) is 1.86. The van der Waals surface area contributed by atoms with Gasteiger partial charge in [0, 0.05) is 0 Å². The number of hydrogen-bond donors (Lipinski definition) is 0. The van der Waals surface area contributed by atoms with Gasteiger partial charge in [-0.25, -0.2) is 0 Å². The predicted octanol–water partition coefficient (Wildman–Crippen LogP) is 4.74. The molecule has 1 aromatic carbocycles. The summed E-state index contributed by atoms with van der Waals surface area (Å²) in [5.41, 5.74) is 1.01. The van der Waals surface area contributed by atoms with E-state index in [9.17, 15) is 0 Å². The van der Waals surface area contributed by atoms with Crippen LogP contribution in [-0.4, -0.2) is 11.7 Å². The molecule has 2 heteroatoms. The molecule has 0 N–H and O–H groups in total. The van der Waals surface area contributed by atoms with E-state index in [-0.39, 0.29) is 11.7 Å². The molecule has 0 aliphatic rings. The second kappa shape index (κ2) is 6.12. The van der Waals surface area contributed by atoms with Crippen LogP contribution < -0.4 is 9.47 Å². The first kappa shape index (κ1) is 14.9. The van der Waals surface area contributed by atoms with Gasteiger partial charge in [-0.15, -0.1) is 0 Å². The van der Waals surface area contributed by atoms with Gasteiger partial charge in [-0.3, -0.25) is 0 Å². The van der Waals surface area contributed by atoms with E-state index in [4.69, 9.17) is 9.47 Å². The number of aryl methyl sites for hydroxylation is 1. The average molecular weight is 250 g/mol. The Balaban J connectivity index is 2.79. The SMILES string of the molecule is CCC(C)Oc1ccc(OC(C)(C)CC)cc1C. The average Bonchev–Trinajstić information content (AvgIpc) is 2.32. The molecule has 18 heavy (non-hydrogen) atoms. The number of ether oxygens (including phenoxy) is 2. The normalized spacial score (nSPS) is 13.2. The van der Waals surface area contributed by atoms with Crippen molar-refractivity contribution in [2.24, 2.45) is 0 Å². The standard InChI is InChI=1S/C16H26O2/c1-7-13(4)17-15-10-9-14(11-12(15)3)18-16(5,6)8-2/h9-11,13H,7-8H2,1-6H3. The van der Waals surface area contributed by atoms with E-state index >= 15 is 0 Å². The van der Waals surface area contributed by atoms with Crippen molar-refractivity contribution < 1.29 is 9.47 Å². The lowest BCUT2D eigenvalue weighted by atomic mass is 10.1. The van der Waals surface area contributed by atoms with Crippen LogP contribution in [0.25, 0.3) is 0 Å². The Hall–Kier alpha value is -1.18. The lowest BCUT2D eigenvalue weighted by Gasteiger charge is -2.25. The van der Waals surface area contributed by atoms with Crippen molar-refractivity contribution in [2.45, 2.75) is 66.1 Å². The van der Waals surface area contributed by atoms with E-state index in [1.54, 1.807) is 0 Å². The molecule has 0 radical (unpaired) electrons. The molecule has 0 saturated heterocycles. The molecule has 0 aliphatic heterocycles. The highest BCUT2D eigenvalue weighted by molar-refractivity contribution is 5.39. The molecule has 0 heterocycles. The number of hydrogen-bond acceptors (Lipinski definition) is 2. The fraction of sp³-hybridized carbons (Fsp3) is 0.625. The van der Waals surface area contributed by atoms with Crippen LogP contribution in [0.1, 0.15) is 53.0 Å².